The number of benzene rings is 1. The molecule has 0 aromatic heterocycles. The Labute approximate surface area is 178 Å². The third kappa shape index (κ3) is 4.55. The second kappa shape index (κ2) is 9.24. The van der Waals surface area contributed by atoms with E-state index in [4.69, 9.17) is 4.74 Å². The first-order valence-electron chi connectivity index (χ1n) is 10.6. The van der Waals surface area contributed by atoms with Gasteiger partial charge in [-0.15, -0.1) is 0 Å². The van der Waals surface area contributed by atoms with Crippen molar-refractivity contribution in [3.05, 3.63) is 24.3 Å². The molecule has 0 N–H and O–H groups in total. The Kier molecular flexibility index (Phi) is 6.90. The predicted octanol–water partition coefficient (Wildman–Crippen LogP) is 2.14. The lowest BCUT2D eigenvalue weighted by atomic mass is 10.1. The third-order valence-corrected chi connectivity index (χ3v) is 7.25. The smallest absolute Gasteiger partial charge is 0.325 e. The van der Waals surface area contributed by atoms with E-state index in [-0.39, 0.29) is 30.0 Å². The molecule has 3 rings (SSSR count). The molecule has 1 aromatic carbocycles. The average Bonchev–Trinajstić information content (AvgIpc) is 3.13. The van der Waals surface area contributed by atoms with E-state index in [1.54, 1.807) is 29.2 Å². The van der Waals surface area contributed by atoms with E-state index in [2.05, 4.69) is 0 Å². The molecular formula is C21H31N3O5S. The maximum absolute atomic E-state index is 13.3. The van der Waals surface area contributed by atoms with Crippen molar-refractivity contribution in [1.82, 2.24) is 9.80 Å². The van der Waals surface area contributed by atoms with Crippen LogP contribution in [0, 0.1) is 0 Å². The highest BCUT2D eigenvalue weighted by atomic mass is 32.2. The summed E-state index contributed by atoms with van der Waals surface area (Å²) in [6.45, 7) is 7.60. The number of carbonyl (C=O) groups excluding carboxylic acids is 2. The Hall–Kier alpha value is -2.29. The van der Waals surface area contributed by atoms with Crippen LogP contribution in [-0.4, -0.2) is 80.0 Å². The van der Waals surface area contributed by atoms with Gasteiger partial charge in [-0.3, -0.25) is 9.69 Å². The minimum Gasteiger partial charge on any atom is -0.494 e. The largest absolute Gasteiger partial charge is 0.494 e. The number of anilines is 1. The summed E-state index contributed by atoms with van der Waals surface area (Å²) in [4.78, 5) is 30.9. The molecule has 30 heavy (non-hydrogen) atoms. The zero-order valence-electron chi connectivity index (χ0n) is 17.9. The van der Waals surface area contributed by atoms with E-state index >= 15 is 0 Å². The van der Waals surface area contributed by atoms with Crippen molar-refractivity contribution in [3.8, 4) is 5.75 Å². The monoisotopic (exact) mass is 437 g/mol. The number of carbonyl (C=O) groups is 2. The topological polar surface area (TPSA) is 87.2 Å². The number of rotatable bonds is 9. The molecule has 2 heterocycles. The Bertz CT molecular complexity index is 865. The van der Waals surface area contributed by atoms with Crippen LogP contribution in [0.4, 0.5) is 10.5 Å². The first-order valence-corrected chi connectivity index (χ1v) is 12.4. The number of sulfone groups is 1. The molecule has 0 bridgehead atoms. The quantitative estimate of drug-likeness (QED) is 0.553. The number of ether oxygens (including phenoxy) is 1. The normalized spacial score (nSPS) is 22.3. The number of amides is 3. The van der Waals surface area contributed by atoms with Gasteiger partial charge in [0.25, 0.3) is 0 Å². The molecule has 9 heteroatoms. The molecule has 0 radical (unpaired) electrons. The van der Waals surface area contributed by atoms with Gasteiger partial charge in [0.15, 0.2) is 9.84 Å². The van der Waals surface area contributed by atoms with Crippen molar-refractivity contribution in [3.63, 3.8) is 0 Å². The number of urea groups is 1. The zero-order valence-corrected chi connectivity index (χ0v) is 18.7. The molecule has 2 aliphatic heterocycles. The molecule has 1 aromatic rings. The van der Waals surface area contributed by atoms with Crippen molar-refractivity contribution >= 4 is 27.5 Å². The molecule has 0 unspecified atom stereocenters. The second-order valence-corrected chi connectivity index (χ2v) is 9.95. The second-order valence-electron chi connectivity index (χ2n) is 7.80. The van der Waals surface area contributed by atoms with Crippen LogP contribution >= 0.6 is 0 Å². The molecule has 3 amide bonds. The van der Waals surface area contributed by atoms with E-state index in [1.807, 2.05) is 20.8 Å². The molecule has 0 spiro atoms. The highest BCUT2D eigenvalue weighted by molar-refractivity contribution is 7.91. The maximum atomic E-state index is 13.3. The summed E-state index contributed by atoms with van der Waals surface area (Å²) in [6.07, 6.45) is 1.66. The van der Waals surface area contributed by atoms with Gasteiger partial charge in [0, 0.05) is 18.8 Å². The first-order chi connectivity index (χ1) is 14.3. The van der Waals surface area contributed by atoms with E-state index in [1.165, 1.54) is 9.80 Å². The summed E-state index contributed by atoms with van der Waals surface area (Å²) in [5.41, 5.74) is 0.615. The van der Waals surface area contributed by atoms with Crippen molar-refractivity contribution in [2.45, 2.75) is 45.7 Å². The van der Waals surface area contributed by atoms with Crippen LogP contribution in [-0.2, 0) is 14.6 Å². The minimum atomic E-state index is -3.28. The Morgan fingerprint density at radius 2 is 1.67 bits per heavy atom. The lowest BCUT2D eigenvalue weighted by molar-refractivity contribution is -0.132. The SMILES string of the molecule is CCCN(CCC)C(=O)CN1C(=O)N(c2ccc(OCC)cc2)[C@@H]2CS(=O)(=O)C[C@H]21. The highest BCUT2D eigenvalue weighted by Gasteiger charge is 2.54. The van der Waals surface area contributed by atoms with Gasteiger partial charge >= 0.3 is 6.03 Å². The van der Waals surface area contributed by atoms with Gasteiger partial charge in [-0.2, -0.15) is 0 Å². The molecular weight excluding hydrogens is 406 g/mol. The summed E-state index contributed by atoms with van der Waals surface area (Å²) in [5.74, 6) is 0.356. The van der Waals surface area contributed by atoms with Crippen molar-refractivity contribution in [2.75, 3.05) is 42.6 Å². The average molecular weight is 438 g/mol. The van der Waals surface area contributed by atoms with Crippen LogP contribution < -0.4 is 9.64 Å². The Morgan fingerprint density at radius 1 is 1.07 bits per heavy atom. The Morgan fingerprint density at radius 3 is 2.23 bits per heavy atom. The van der Waals surface area contributed by atoms with E-state index in [0.717, 1.165) is 12.8 Å². The van der Waals surface area contributed by atoms with Gasteiger partial charge in [0.1, 0.15) is 12.3 Å². The number of fused-ring (bicyclic) bond motifs is 1. The lowest BCUT2D eigenvalue weighted by Gasteiger charge is -2.27. The minimum absolute atomic E-state index is 0.0884. The van der Waals surface area contributed by atoms with E-state index in [0.29, 0.717) is 31.1 Å². The number of hydrogen-bond donors (Lipinski definition) is 0. The molecule has 0 aliphatic carbocycles. The van der Waals surface area contributed by atoms with Crippen LogP contribution in [0.3, 0.4) is 0 Å². The first kappa shape index (κ1) is 22.4. The molecule has 8 nitrogen and oxygen atoms in total. The standard InChI is InChI=1S/C21H31N3O5S/c1-4-11-22(12-5-2)20(25)13-23-18-14-30(27,28)15-19(18)24(21(23)26)16-7-9-17(10-8-16)29-6-3/h7-10,18-19H,4-6,11-15H2,1-3H3/t18-,19-/m1/s1. The van der Waals surface area contributed by atoms with E-state index < -0.39 is 21.9 Å². The van der Waals surface area contributed by atoms with Crippen LogP contribution in [0.2, 0.25) is 0 Å². The van der Waals surface area contributed by atoms with Gasteiger partial charge in [0.05, 0.1) is 30.2 Å². The summed E-state index contributed by atoms with van der Waals surface area (Å²) in [7, 11) is -3.28. The van der Waals surface area contributed by atoms with Crippen LogP contribution in [0.1, 0.15) is 33.6 Å². The summed E-state index contributed by atoms with van der Waals surface area (Å²) >= 11 is 0. The van der Waals surface area contributed by atoms with Gasteiger partial charge in [0.2, 0.25) is 5.91 Å². The summed E-state index contributed by atoms with van der Waals surface area (Å²) in [6, 6.07) is 5.74. The maximum Gasteiger partial charge on any atom is 0.325 e. The fraction of sp³-hybridized carbons (Fsp3) is 0.619. The van der Waals surface area contributed by atoms with E-state index in [9.17, 15) is 18.0 Å². The van der Waals surface area contributed by atoms with Crippen LogP contribution in [0.15, 0.2) is 24.3 Å². The molecule has 2 atom stereocenters. The zero-order chi connectivity index (χ0) is 21.9. The fourth-order valence-electron chi connectivity index (χ4n) is 4.28. The molecule has 2 fully saturated rings. The fourth-order valence-corrected chi connectivity index (χ4v) is 6.23. The number of hydrogen-bond acceptors (Lipinski definition) is 5. The highest BCUT2D eigenvalue weighted by Crippen LogP contribution is 2.35. The third-order valence-electron chi connectivity index (χ3n) is 5.55. The Balaban J connectivity index is 1.86. The summed E-state index contributed by atoms with van der Waals surface area (Å²) in [5, 5.41) is 0. The molecule has 2 aliphatic rings. The van der Waals surface area contributed by atoms with Crippen molar-refractivity contribution in [1.29, 1.82) is 0 Å². The van der Waals surface area contributed by atoms with Crippen LogP contribution in [0.5, 0.6) is 5.75 Å². The molecule has 2 saturated heterocycles. The molecule has 0 saturated carbocycles. The lowest BCUT2D eigenvalue weighted by Crippen LogP contribution is -2.46. The molecule has 166 valence electrons. The van der Waals surface area contributed by atoms with Gasteiger partial charge in [-0.1, -0.05) is 13.8 Å². The van der Waals surface area contributed by atoms with Crippen molar-refractivity contribution < 1.29 is 22.7 Å². The van der Waals surface area contributed by atoms with Gasteiger partial charge in [-0.25, -0.2) is 13.2 Å². The number of nitrogens with zero attached hydrogens (tertiary/aromatic N) is 3. The van der Waals surface area contributed by atoms with Gasteiger partial charge in [-0.05, 0) is 44.0 Å². The predicted molar refractivity (Wildman–Crippen MR) is 116 cm³/mol. The summed E-state index contributed by atoms with van der Waals surface area (Å²) < 4.78 is 30.2. The van der Waals surface area contributed by atoms with Gasteiger partial charge < -0.3 is 14.5 Å². The van der Waals surface area contributed by atoms with Crippen LogP contribution in [0.25, 0.3) is 0 Å². The van der Waals surface area contributed by atoms with Crippen molar-refractivity contribution in [2.24, 2.45) is 0 Å².